The number of hydrogen-bond donors (Lipinski definition) is 2. The predicted octanol–water partition coefficient (Wildman–Crippen LogP) is 1.97. The molecule has 1 aromatic carbocycles. The molecule has 2 rings (SSSR count). The summed E-state index contributed by atoms with van der Waals surface area (Å²) in [6.45, 7) is 1.56. The van der Waals surface area contributed by atoms with E-state index < -0.39 is 5.56 Å². The van der Waals surface area contributed by atoms with Crippen LogP contribution in [0, 0.1) is 11.7 Å². The zero-order valence-electron chi connectivity index (χ0n) is 11.1. The third kappa shape index (κ3) is 3.19. The number of methoxy groups -OCH3 is 1. The van der Waals surface area contributed by atoms with E-state index in [9.17, 15) is 9.90 Å². The highest BCUT2D eigenvalue weighted by molar-refractivity contribution is 9.10. The number of rotatable bonds is 3. The molecular weight excluding hydrogens is 360 g/mol. The Kier molecular flexibility index (Phi) is 4.53. The van der Waals surface area contributed by atoms with E-state index in [1.165, 1.54) is 13.3 Å². The Labute approximate surface area is 133 Å². The average Bonchev–Trinajstić information content (AvgIpc) is 2.46. The van der Waals surface area contributed by atoms with Crippen molar-refractivity contribution < 1.29 is 9.84 Å². The zero-order valence-corrected chi connectivity index (χ0v) is 13.5. The fourth-order valence-corrected chi connectivity index (χ4v) is 2.16. The van der Waals surface area contributed by atoms with Gasteiger partial charge in [-0.2, -0.15) is 14.9 Å². The number of aromatic amines is 1. The van der Waals surface area contributed by atoms with Gasteiger partial charge < -0.3 is 9.84 Å². The van der Waals surface area contributed by atoms with Crippen LogP contribution in [0.4, 0.5) is 0 Å². The SMILES string of the molecule is COc1cc(/C=N\n2c(=S)[nH]nc(C)c2=O)cc(Br)c1O. The molecule has 0 unspecified atom stereocenters. The van der Waals surface area contributed by atoms with Gasteiger partial charge in [-0.1, -0.05) is 0 Å². The molecule has 1 heterocycles. The van der Waals surface area contributed by atoms with Crippen molar-refractivity contribution in [1.82, 2.24) is 14.9 Å². The average molecular weight is 371 g/mol. The highest BCUT2D eigenvalue weighted by atomic mass is 79.9. The highest BCUT2D eigenvalue weighted by Gasteiger charge is 2.08. The summed E-state index contributed by atoms with van der Waals surface area (Å²) in [5.74, 6) is 0.276. The van der Waals surface area contributed by atoms with E-state index in [2.05, 4.69) is 31.2 Å². The zero-order chi connectivity index (χ0) is 15.6. The van der Waals surface area contributed by atoms with Gasteiger partial charge in [-0.05, 0) is 52.8 Å². The second-order valence-electron chi connectivity index (χ2n) is 4.03. The summed E-state index contributed by atoms with van der Waals surface area (Å²) in [5.41, 5.74) is 0.470. The first-order chi connectivity index (χ1) is 9.93. The lowest BCUT2D eigenvalue weighted by Crippen LogP contribution is -2.22. The van der Waals surface area contributed by atoms with Crippen LogP contribution in [0.5, 0.6) is 11.5 Å². The molecule has 0 atom stereocenters. The molecule has 0 saturated carbocycles. The Morgan fingerprint density at radius 2 is 2.29 bits per heavy atom. The molecular formula is C12H11BrN4O3S. The van der Waals surface area contributed by atoms with Gasteiger partial charge in [-0.15, -0.1) is 0 Å². The van der Waals surface area contributed by atoms with Crippen molar-refractivity contribution in [2.24, 2.45) is 5.10 Å². The van der Waals surface area contributed by atoms with Gasteiger partial charge in [0.15, 0.2) is 11.5 Å². The summed E-state index contributed by atoms with van der Waals surface area (Å²) in [4.78, 5) is 11.9. The topological polar surface area (TPSA) is 92.5 Å². The maximum atomic E-state index is 11.9. The van der Waals surface area contributed by atoms with E-state index >= 15 is 0 Å². The van der Waals surface area contributed by atoms with Crippen molar-refractivity contribution in [2.75, 3.05) is 7.11 Å². The molecule has 2 aromatic rings. The lowest BCUT2D eigenvalue weighted by molar-refractivity contribution is 0.372. The van der Waals surface area contributed by atoms with Crippen LogP contribution in [0.15, 0.2) is 26.5 Å². The summed E-state index contributed by atoms with van der Waals surface area (Å²) >= 11 is 8.17. The minimum absolute atomic E-state index is 0.0103. The minimum atomic E-state index is -0.403. The third-order valence-corrected chi connectivity index (χ3v) is 3.48. The molecule has 0 fully saturated rings. The summed E-state index contributed by atoms with van der Waals surface area (Å²) in [6, 6.07) is 3.21. The van der Waals surface area contributed by atoms with Crippen molar-refractivity contribution in [1.29, 1.82) is 0 Å². The summed E-state index contributed by atoms with van der Waals surface area (Å²) in [6.07, 6.45) is 1.43. The van der Waals surface area contributed by atoms with Crippen molar-refractivity contribution in [3.8, 4) is 11.5 Å². The van der Waals surface area contributed by atoms with Crippen LogP contribution in [-0.2, 0) is 0 Å². The first kappa shape index (κ1) is 15.4. The number of aromatic hydroxyl groups is 1. The number of hydrogen-bond acceptors (Lipinski definition) is 6. The van der Waals surface area contributed by atoms with Gasteiger partial charge in [-0.3, -0.25) is 9.89 Å². The molecule has 9 heteroatoms. The minimum Gasteiger partial charge on any atom is -0.503 e. The summed E-state index contributed by atoms with van der Waals surface area (Å²) < 4.78 is 6.61. The monoisotopic (exact) mass is 370 g/mol. The molecule has 7 nitrogen and oxygen atoms in total. The number of aromatic nitrogens is 3. The standard InChI is InChI=1S/C12H11BrN4O3S/c1-6-11(19)17(12(21)16-15-6)14-5-7-3-8(13)10(18)9(4-7)20-2/h3-5,18H,1-2H3,(H,16,21)/b14-5-. The van der Waals surface area contributed by atoms with Gasteiger partial charge in [0.25, 0.3) is 5.56 Å². The van der Waals surface area contributed by atoms with Gasteiger partial charge in [-0.25, -0.2) is 0 Å². The molecule has 1 aromatic heterocycles. The molecule has 110 valence electrons. The summed E-state index contributed by atoms with van der Waals surface area (Å²) in [7, 11) is 1.44. The van der Waals surface area contributed by atoms with Crippen molar-refractivity contribution in [2.45, 2.75) is 6.92 Å². The molecule has 0 bridgehead atoms. The molecule has 0 aliphatic rings. The molecule has 2 N–H and O–H groups in total. The number of halogens is 1. The van der Waals surface area contributed by atoms with Gasteiger partial charge in [0, 0.05) is 0 Å². The number of nitrogens with one attached hydrogen (secondary N) is 1. The number of H-pyrrole nitrogens is 1. The number of aryl methyl sites for hydroxylation is 1. The van der Waals surface area contributed by atoms with Gasteiger partial charge in [0.1, 0.15) is 5.69 Å². The van der Waals surface area contributed by atoms with E-state index in [1.807, 2.05) is 0 Å². The lowest BCUT2D eigenvalue weighted by Gasteiger charge is -2.06. The lowest BCUT2D eigenvalue weighted by atomic mass is 10.2. The van der Waals surface area contributed by atoms with E-state index in [0.717, 1.165) is 4.68 Å². The fourth-order valence-electron chi connectivity index (χ4n) is 1.53. The number of benzene rings is 1. The van der Waals surface area contributed by atoms with Crippen LogP contribution in [-0.4, -0.2) is 33.3 Å². The first-order valence-electron chi connectivity index (χ1n) is 5.73. The van der Waals surface area contributed by atoms with Crippen LogP contribution in [0.2, 0.25) is 0 Å². The molecule has 0 radical (unpaired) electrons. The summed E-state index contributed by atoms with van der Waals surface area (Å²) in [5, 5.41) is 20.0. The Bertz CT molecular complexity index is 828. The van der Waals surface area contributed by atoms with Crippen molar-refractivity contribution in [3.63, 3.8) is 0 Å². The van der Waals surface area contributed by atoms with Crippen LogP contribution in [0.25, 0.3) is 0 Å². The molecule has 0 saturated heterocycles. The smallest absolute Gasteiger partial charge is 0.296 e. The van der Waals surface area contributed by atoms with Crippen LogP contribution < -0.4 is 10.3 Å². The maximum Gasteiger partial charge on any atom is 0.296 e. The van der Waals surface area contributed by atoms with E-state index in [0.29, 0.717) is 10.0 Å². The molecule has 0 amide bonds. The van der Waals surface area contributed by atoms with Crippen molar-refractivity contribution in [3.05, 3.63) is 43.0 Å². The van der Waals surface area contributed by atoms with Gasteiger partial charge in [0.2, 0.25) is 4.77 Å². The Morgan fingerprint density at radius 3 is 2.95 bits per heavy atom. The second kappa shape index (κ2) is 6.19. The van der Waals surface area contributed by atoms with Crippen molar-refractivity contribution >= 4 is 34.4 Å². The quantitative estimate of drug-likeness (QED) is 0.636. The number of phenols is 1. The molecule has 0 aliphatic carbocycles. The van der Waals surface area contributed by atoms with E-state index in [-0.39, 0.29) is 22.0 Å². The maximum absolute atomic E-state index is 11.9. The molecule has 21 heavy (non-hydrogen) atoms. The van der Waals surface area contributed by atoms with Gasteiger partial charge in [0.05, 0.1) is 17.8 Å². The van der Waals surface area contributed by atoms with Gasteiger partial charge >= 0.3 is 0 Å². The Hall–Kier alpha value is -2.00. The first-order valence-corrected chi connectivity index (χ1v) is 6.93. The van der Waals surface area contributed by atoms with Crippen LogP contribution >= 0.6 is 28.1 Å². The Balaban J connectivity index is 2.48. The van der Waals surface area contributed by atoms with E-state index in [1.54, 1.807) is 19.1 Å². The van der Waals surface area contributed by atoms with E-state index in [4.69, 9.17) is 17.0 Å². The third-order valence-electron chi connectivity index (χ3n) is 2.61. The fraction of sp³-hybridized carbons (Fsp3) is 0.167. The van der Waals surface area contributed by atoms with Crippen LogP contribution in [0.3, 0.4) is 0 Å². The predicted molar refractivity (Wildman–Crippen MR) is 83.8 cm³/mol. The largest absolute Gasteiger partial charge is 0.503 e. The molecule has 0 spiro atoms. The number of ether oxygens (including phenoxy) is 1. The normalized spacial score (nSPS) is 11.0. The number of phenolic OH excluding ortho intramolecular Hbond substituents is 1. The second-order valence-corrected chi connectivity index (χ2v) is 5.27. The van der Waals surface area contributed by atoms with Crippen LogP contribution in [0.1, 0.15) is 11.3 Å². The number of nitrogens with zero attached hydrogens (tertiary/aromatic N) is 3. The highest BCUT2D eigenvalue weighted by Crippen LogP contribution is 2.34. The molecule has 0 aliphatic heterocycles. The Morgan fingerprint density at radius 1 is 1.57 bits per heavy atom.